The summed E-state index contributed by atoms with van der Waals surface area (Å²) >= 11 is 0. The second-order valence-corrected chi connectivity index (χ2v) is 7.39. The topological polar surface area (TPSA) is 32.3 Å². The predicted molar refractivity (Wildman–Crippen MR) is 96.9 cm³/mol. The van der Waals surface area contributed by atoms with Crippen LogP contribution in [-0.4, -0.2) is 41.0 Å². The van der Waals surface area contributed by atoms with Crippen LogP contribution in [0.4, 0.5) is 5.82 Å². The second kappa shape index (κ2) is 6.89. The first-order chi connectivity index (χ1) is 11.8. The van der Waals surface area contributed by atoms with Gasteiger partial charge in [0.1, 0.15) is 12.1 Å². The van der Waals surface area contributed by atoms with E-state index < -0.39 is 0 Å². The zero-order valence-electron chi connectivity index (χ0n) is 14.3. The molecule has 1 aromatic heterocycles. The molecule has 2 saturated heterocycles. The van der Waals surface area contributed by atoms with Gasteiger partial charge in [0.15, 0.2) is 0 Å². The smallest absolute Gasteiger partial charge is 0.131 e. The monoisotopic (exact) mass is 322 g/mol. The van der Waals surface area contributed by atoms with E-state index in [9.17, 15) is 0 Å². The molecule has 2 aromatic rings. The number of benzene rings is 1. The largest absolute Gasteiger partial charge is 0.356 e. The Morgan fingerprint density at radius 3 is 2.58 bits per heavy atom. The van der Waals surface area contributed by atoms with E-state index in [-0.39, 0.29) is 0 Å². The first kappa shape index (κ1) is 15.6. The van der Waals surface area contributed by atoms with E-state index in [4.69, 9.17) is 0 Å². The lowest BCUT2D eigenvalue weighted by Gasteiger charge is -2.49. The van der Waals surface area contributed by atoms with Crippen molar-refractivity contribution in [2.45, 2.75) is 32.2 Å². The first-order valence-corrected chi connectivity index (χ1v) is 9.10. The van der Waals surface area contributed by atoms with Crippen LogP contribution in [0.15, 0.2) is 48.9 Å². The molecule has 0 unspecified atom stereocenters. The molecule has 4 nitrogen and oxygen atoms in total. The Bertz CT molecular complexity index is 641. The highest BCUT2D eigenvalue weighted by molar-refractivity contribution is 5.37. The molecule has 2 fully saturated rings. The van der Waals surface area contributed by atoms with Crippen LogP contribution in [0, 0.1) is 5.41 Å². The highest BCUT2D eigenvalue weighted by atomic mass is 15.2. The quantitative estimate of drug-likeness (QED) is 0.867. The van der Waals surface area contributed by atoms with Gasteiger partial charge in [0, 0.05) is 37.8 Å². The van der Waals surface area contributed by atoms with Crippen molar-refractivity contribution in [1.82, 2.24) is 14.9 Å². The summed E-state index contributed by atoms with van der Waals surface area (Å²) in [5.41, 5.74) is 1.86. The van der Waals surface area contributed by atoms with E-state index in [1.807, 2.05) is 12.3 Å². The van der Waals surface area contributed by atoms with Crippen LogP contribution in [0.1, 0.15) is 31.2 Å². The molecule has 0 amide bonds. The van der Waals surface area contributed by atoms with Crippen LogP contribution in [0.2, 0.25) is 0 Å². The Morgan fingerprint density at radius 2 is 1.79 bits per heavy atom. The van der Waals surface area contributed by atoms with Gasteiger partial charge in [0.2, 0.25) is 0 Å². The van der Waals surface area contributed by atoms with Crippen molar-refractivity contribution in [3.8, 4) is 0 Å². The van der Waals surface area contributed by atoms with Crippen LogP contribution < -0.4 is 4.90 Å². The van der Waals surface area contributed by atoms with Gasteiger partial charge in [-0.1, -0.05) is 30.3 Å². The molecule has 24 heavy (non-hydrogen) atoms. The lowest BCUT2D eigenvalue weighted by molar-refractivity contribution is 0.0683. The second-order valence-electron chi connectivity index (χ2n) is 7.39. The van der Waals surface area contributed by atoms with Gasteiger partial charge in [0.25, 0.3) is 0 Å². The minimum atomic E-state index is 0.427. The number of hydrogen-bond donors (Lipinski definition) is 0. The Hall–Kier alpha value is -1.94. The predicted octanol–water partition coefficient (Wildman–Crippen LogP) is 3.36. The molecule has 0 aliphatic carbocycles. The van der Waals surface area contributed by atoms with E-state index in [0.29, 0.717) is 5.41 Å². The van der Waals surface area contributed by atoms with Gasteiger partial charge in [0.05, 0.1) is 0 Å². The number of nitrogens with zero attached hydrogens (tertiary/aromatic N) is 4. The van der Waals surface area contributed by atoms with Crippen LogP contribution in [0.25, 0.3) is 0 Å². The van der Waals surface area contributed by atoms with Crippen molar-refractivity contribution in [2.75, 3.05) is 31.1 Å². The van der Waals surface area contributed by atoms with Crippen molar-refractivity contribution in [3.05, 3.63) is 54.5 Å². The fraction of sp³-hybridized carbons (Fsp3) is 0.500. The zero-order chi connectivity index (χ0) is 16.2. The maximum atomic E-state index is 4.47. The van der Waals surface area contributed by atoms with Crippen LogP contribution in [0.5, 0.6) is 0 Å². The molecular weight excluding hydrogens is 296 g/mol. The molecule has 0 saturated carbocycles. The van der Waals surface area contributed by atoms with E-state index >= 15 is 0 Å². The van der Waals surface area contributed by atoms with Crippen molar-refractivity contribution in [2.24, 2.45) is 5.41 Å². The third kappa shape index (κ3) is 3.44. The average molecular weight is 322 g/mol. The minimum absolute atomic E-state index is 0.427. The fourth-order valence-electron chi connectivity index (χ4n) is 4.49. The van der Waals surface area contributed by atoms with E-state index in [1.54, 1.807) is 6.33 Å². The Labute approximate surface area is 144 Å². The summed E-state index contributed by atoms with van der Waals surface area (Å²) in [4.78, 5) is 13.7. The molecular formula is C20H26N4. The molecule has 1 spiro atoms. The van der Waals surface area contributed by atoms with Crippen LogP contribution in [0.3, 0.4) is 0 Å². The molecule has 0 bridgehead atoms. The zero-order valence-corrected chi connectivity index (χ0v) is 14.3. The van der Waals surface area contributed by atoms with E-state index in [2.05, 4.69) is 50.1 Å². The molecule has 3 heterocycles. The number of aromatic nitrogens is 2. The number of hydrogen-bond acceptors (Lipinski definition) is 4. The molecule has 2 aliphatic rings. The summed E-state index contributed by atoms with van der Waals surface area (Å²) in [6, 6.07) is 12.9. The maximum absolute atomic E-state index is 4.47. The molecule has 1 aromatic carbocycles. The lowest BCUT2D eigenvalue weighted by atomic mass is 9.73. The van der Waals surface area contributed by atoms with Crippen LogP contribution >= 0.6 is 0 Å². The standard InChI is InChI=1S/C20H26N4/c1-2-6-18(7-3-1)14-23-12-4-9-20(15-23)10-5-13-24(16-20)19-8-11-21-17-22-19/h1-3,6-8,11,17H,4-5,9-10,12-16H2/t20-/m0/s1. The summed E-state index contributed by atoms with van der Waals surface area (Å²) in [5, 5.41) is 0. The highest BCUT2D eigenvalue weighted by Gasteiger charge is 2.39. The normalized spacial score (nSPS) is 25.1. The third-order valence-electron chi connectivity index (χ3n) is 5.54. The molecule has 0 N–H and O–H groups in total. The van der Waals surface area contributed by atoms with E-state index in [1.165, 1.54) is 44.3 Å². The van der Waals surface area contributed by atoms with Gasteiger partial charge in [-0.3, -0.25) is 4.90 Å². The van der Waals surface area contributed by atoms with Gasteiger partial charge in [-0.25, -0.2) is 9.97 Å². The summed E-state index contributed by atoms with van der Waals surface area (Å²) in [5.74, 6) is 1.09. The van der Waals surface area contributed by atoms with Gasteiger partial charge >= 0.3 is 0 Å². The van der Waals surface area contributed by atoms with Crippen molar-refractivity contribution in [1.29, 1.82) is 0 Å². The summed E-state index contributed by atoms with van der Waals surface area (Å²) in [7, 11) is 0. The van der Waals surface area contributed by atoms with Crippen molar-refractivity contribution in [3.63, 3.8) is 0 Å². The summed E-state index contributed by atoms with van der Waals surface area (Å²) in [6.45, 7) is 5.77. The summed E-state index contributed by atoms with van der Waals surface area (Å²) in [6.07, 6.45) is 8.79. The Morgan fingerprint density at radius 1 is 0.958 bits per heavy atom. The third-order valence-corrected chi connectivity index (χ3v) is 5.54. The molecule has 4 rings (SSSR count). The number of rotatable bonds is 3. The minimum Gasteiger partial charge on any atom is -0.356 e. The summed E-state index contributed by atoms with van der Waals surface area (Å²) < 4.78 is 0. The molecule has 4 heteroatoms. The van der Waals surface area contributed by atoms with Crippen molar-refractivity contribution >= 4 is 5.82 Å². The van der Waals surface area contributed by atoms with Gasteiger partial charge in [-0.15, -0.1) is 0 Å². The fourth-order valence-corrected chi connectivity index (χ4v) is 4.49. The van der Waals surface area contributed by atoms with Gasteiger partial charge in [-0.05, 0) is 43.9 Å². The maximum Gasteiger partial charge on any atom is 0.131 e. The highest BCUT2D eigenvalue weighted by Crippen LogP contribution is 2.39. The number of piperidine rings is 2. The Kier molecular flexibility index (Phi) is 4.48. The molecule has 1 atom stereocenters. The molecule has 126 valence electrons. The average Bonchev–Trinajstić information content (AvgIpc) is 2.63. The number of anilines is 1. The van der Waals surface area contributed by atoms with E-state index in [0.717, 1.165) is 25.5 Å². The Balaban J connectivity index is 1.45. The van der Waals surface area contributed by atoms with Crippen LogP contribution in [-0.2, 0) is 6.54 Å². The SMILES string of the molecule is c1ccc(CN2CCC[C@]3(CCCN(c4ccncn4)C3)C2)cc1. The van der Waals surface area contributed by atoms with Crippen molar-refractivity contribution < 1.29 is 0 Å². The number of likely N-dealkylation sites (tertiary alicyclic amines) is 1. The first-order valence-electron chi connectivity index (χ1n) is 9.10. The molecule has 0 radical (unpaired) electrons. The van der Waals surface area contributed by atoms with Gasteiger partial charge in [-0.2, -0.15) is 0 Å². The van der Waals surface area contributed by atoms with Gasteiger partial charge < -0.3 is 4.90 Å². The lowest BCUT2D eigenvalue weighted by Crippen LogP contribution is -2.52. The molecule has 2 aliphatic heterocycles.